The fourth-order valence-electron chi connectivity index (χ4n) is 1.68. The molecule has 0 saturated heterocycles. The van der Waals surface area contributed by atoms with Gasteiger partial charge in [0.15, 0.2) is 0 Å². The molecule has 0 amide bonds. The number of carboxylic acids is 1. The maximum absolute atomic E-state index is 10.9. The number of aryl methyl sites for hydroxylation is 3. The molecule has 98 valence electrons. The van der Waals surface area contributed by atoms with E-state index in [9.17, 15) is 4.79 Å². The maximum atomic E-state index is 10.9. The van der Waals surface area contributed by atoms with E-state index in [4.69, 9.17) is 5.11 Å². The van der Waals surface area contributed by atoms with Crippen LogP contribution in [0, 0.1) is 20.8 Å². The van der Waals surface area contributed by atoms with Crippen LogP contribution in [0.4, 0.5) is 11.6 Å². The Morgan fingerprint density at radius 1 is 1.16 bits per heavy atom. The second-order valence-electron chi connectivity index (χ2n) is 4.21. The monoisotopic (exact) mass is 258 g/mol. The number of hydrogen-bond donors (Lipinski definition) is 2. The van der Waals surface area contributed by atoms with E-state index in [-0.39, 0.29) is 5.56 Å². The molecule has 0 atom stereocenters. The molecule has 0 aromatic carbocycles. The number of aromatic nitrogens is 3. The van der Waals surface area contributed by atoms with Crippen molar-refractivity contribution in [2.75, 3.05) is 5.32 Å². The molecule has 2 aromatic heterocycles. The number of rotatable bonds is 3. The summed E-state index contributed by atoms with van der Waals surface area (Å²) in [6, 6.07) is 3.77. The number of nitrogens with zero attached hydrogens (tertiary/aromatic N) is 3. The highest BCUT2D eigenvalue weighted by Crippen LogP contribution is 2.17. The average molecular weight is 258 g/mol. The minimum Gasteiger partial charge on any atom is -0.478 e. The molecule has 2 rings (SSSR count). The zero-order valence-electron chi connectivity index (χ0n) is 10.9. The molecular weight excluding hydrogens is 244 g/mol. The van der Waals surface area contributed by atoms with Crippen molar-refractivity contribution >= 4 is 17.6 Å². The normalized spacial score (nSPS) is 10.3. The van der Waals surface area contributed by atoms with Crippen LogP contribution in [-0.4, -0.2) is 26.0 Å². The Kier molecular flexibility index (Phi) is 3.41. The second-order valence-corrected chi connectivity index (χ2v) is 4.21. The number of carboxylic acid groups (broad SMARTS) is 1. The van der Waals surface area contributed by atoms with Gasteiger partial charge in [0, 0.05) is 11.9 Å². The van der Waals surface area contributed by atoms with Gasteiger partial charge in [-0.05, 0) is 32.9 Å². The van der Waals surface area contributed by atoms with E-state index in [1.165, 1.54) is 6.20 Å². The number of aromatic carboxylic acids is 1. The Balaban J connectivity index is 2.29. The molecule has 2 heterocycles. The number of carbonyl (C=O) groups is 1. The van der Waals surface area contributed by atoms with Crippen LogP contribution in [0.5, 0.6) is 0 Å². The van der Waals surface area contributed by atoms with E-state index in [2.05, 4.69) is 20.3 Å². The predicted octanol–water partition coefficient (Wildman–Crippen LogP) is 2.24. The average Bonchev–Trinajstić information content (AvgIpc) is 2.32. The van der Waals surface area contributed by atoms with Gasteiger partial charge >= 0.3 is 5.97 Å². The molecule has 0 bridgehead atoms. The van der Waals surface area contributed by atoms with Gasteiger partial charge in [-0.1, -0.05) is 0 Å². The summed E-state index contributed by atoms with van der Waals surface area (Å²) in [7, 11) is 0. The van der Waals surface area contributed by atoms with Crippen LogP contribution in [0.25, 0.3) is 0 Å². The lowest BCUT2D eigenvalue weighted by molar-refractivity contribution is 0.0695. The first-order chi connectivity index (χ1) is 8.97. The molecule has 0 saturated carbocycles. The van der Waals surface area contributed by atoms with Crippen molar-refractivity contribution in [1.82, 2.24) is 15.0 Å². The highest BCUT2D eigenvalue weighted by molar-refractivity contribution is 5.88. The summed E-state index contributed by atoms with van der Waals surface area (Å²) in [5.74, 6) is -0.673. The van der Waals surface area contributed by atoms with E-state index < -0.39 is 5.97 Å². The topological polar surface area (TPSA) is 88.0 Å². The fraction of sp³-hybridized carbons (Fsp3) is 0.231. The summed E-state index contributed by atoms with van der Waals surface area (Å²) in [4.78, 5) is 23.3. The van der Waals surface area contributed by atoms with Crippen LogP contribution in [-0.2, 0) is 0 Å². The van der Waals surface area contributed by atoms with Crippen molar-refractivity contribution in [2.24, 2.45) is 0 Å². The third kappa shape index (κ3) is 2.85. The van der Waals surface area contributed by atoms with Crippen molar-refractivity contribution in [3.05, 3.63) is 41.0 Å². The van der Waals surface area contributed by atoms with Gasteiger partial charge in [0.05, 0.1) is 22.6 Å². The molecule has 0 spiro atoms. The van der Waals surface area contributed by atoms with Gasteiger partial charge in [-0.15, -0.1) is 0 Å². The first kappa shape index (κ1) is 12.9. The van der Waals surface area contributed by atoms with Crippen molar-refractivity contribution in [3.63, 3.8) is 0 Å². The van der Waals surface area contributed by atoms with E-state index in [0.717, 1.165) is 17.1 Å². The lowest BCUT2D eigenvalue weighted by atomic mass is 10.2. The Bertz CT molecular complexity index is 641. The Hall–Kier alpha value is -2.50. The van der Waals surface area contributed by atoms with Crippen molar-refractivity contribution in [1.29, 1.82) is 0 Å². The number of anilines is 2. The molecular formula is C13H14N4O2. The van der Waals surface area contributed by atoms with Gasteiger partial charge in [-0.2, -0.15) is 0 Å². The smallest absolute Gasteiger partial charge is 0.339 e. The molecule has 19 heavy (non-hydrogen) atoms. The molecule has 0 radical (unpaired) electrons. The zero-order chi connectivity index (χ0) is 14.0. The number of hydrogen-bond acceptors (Lipinski definition) is 5. The fourth-order valence-corrected chi connectivity index (χ4v) is 1.68. The quantitative estimate of drug-likeness (QED) is 0.877. The molecule has 0 aliphatic rings. The van der Waals surface area contributed by atoms with Crippen molar-refractivity contribution < 1.29 is 9.90 Å². The van der Waals surface area contributed by atoms with Gasteiger partial charge in [0.2, 0.25) is 5.95 Å². The molecule has 0 fully saturated rings. The van der Waals surface area contributed by atoms with Crippen LogP contribution in [0.3, 0.4) is 0 Å². The highest BCUT2D eigenvalue weighted by atomic mass is 16.4. The van der Waals surface area contributed by atoms with E-state index in [1.54, 1.807) is 6.92 Å². The van der Waals surface area contributed by atoms with Gasteiger partial charge in [-0.25, -0.2) is 14.8 Å². The first-order valence-electron chi connectivity index (χ1n) is 5.75. The van der Waals surface area contributed by atoms with Gasteiger partial charge < -0.3 is 10.4 Å². The van der Waals surface area contributed by atoms with Crippen LogP contribution < -0.4 is 5.32 Å². The highest BCUT2D eigenvalue weighted by Gasteiger charge is 2.10. The van der Waals surface area contributed by atoms with E-state index in [1.807, 2.05) is 26.0 Å². The van der Waals surface area contributed by atoms with Crippen molar-refractivity contribution in [3.8, 4) is 0 Å². The third-order valence-electron chi connectivity index (χ3n) is 2.68. The molecule has 0 unspecified atom stereocenters. The summed E-state index contributed by atoms with van der Waals surface area (Å²) in [6.45, 7) is 5.43. The minimum atomic E-state index is -1.03. The lowest BCUT2D eigenvalue weighted by Crippen LogP contribution is -2.06. The summed E-state index contributed by atoms with van der Waals surface area (Å²) in [6.07, 6.45) is 1.30. The number of nitrogens with one attached hydrogen (secondary N) is 1. The largest absolute Gasteiger partial charge is 0.478 e. The molecule has 2 aromatic rings. The first-order valence-corrected chi connectivity index (χ1v) is 5.75. The third-order valence-corrected chi connectivity index (χ3v) is 2.68. The molecule has 0 aliphatic carbocycles. The minimum absolute atomic E-state index is 0.101. The standard InChI is InChI=1S/C13H14N4O2/c1-7-4-5-11(9(3)15-7)17-13-14-6-10(12(18)19)8(2)16-13/h4-6H,1-3H3,(H,18,19)(H,14,16,17). The summed E-state index contributed by atoms with van der Waals surface area (Å²) in [5.41, 5.74) is 3.09. The van der Waals surface area contributed by atoms with Crippen molar-refractivity contribution in [2.45, 2.75) is 20.8 Å². The van der Waals surface area contributed by atoms with E-state index in [0.29, 0.717) is 11.6 Å². The van der Waals surface area contributed by atoms with Gasteiger partial charge in [-0.3, -0.25) is 4.98 Å². The molecule has 2 N–H and O–H groups in total. The van der Waals surface area contributed by atoms with Gasteiger partial charge in [0.1, 0.15) is 0 Å². The SMILES string of the molecule is Cc1ccc(Nc2ncc(C(=O)O)c(C)n2)c(C)n1. The van der Waals surface area contributed by atoms with E-state index >= 15 is 0 Å². The molecule has 0 aliphatic heterocycles. The maximum Gasteiger partial charge on any atom is 0.339 e. The Morgan fingerprint density at radius 2 is 1.89 bits per heavy atom. The summed E-state index contributed by atoms with van der Waals surface area (Å²) >= 11 is 0. The summed E-state index contributed by atoms with van der Waals surface area (Å²) in [5, 5.41) is 11.9. The Labute approximate surface area is 110 Å². The second kappa shape index (κ2) is 5.01. The van der Waals surface area contributed by atoms with Crippen LogP contribution in [0.1, 0.15) is 27.4 Å². The van der Waals surface area contributed by atoms with Crippen LogP contribution in [0.2, 0.25) is 0 Å². The predicted molar refractivity (Wildman–Crippen MR) is 70.7 cm³/mol. The van der Waals surface area contributed by atoms with Gasteiger partial charge in [0.25, 0.3) is 0 Å². The van der Waals surface area contributed by atoms with Crippen LogP contribution in [0.15, 0.2) is 18.3 Å². The lowest BCUT2D eigenvalue weighted by Gasteiger charge is -2.09. The molecule has 6 nitrogen and oxygen atoms in total. The molecule has 6 heteroatoms. The Morgan fingerprint density at radius 3 is 2.47 bits per heavy atom. The summed E-state index contributed by atoms with van der Waals surface area (Å²) < 4.78 is 0. The van der Waals surface area contributed by atoms with Crippen LogP contribution >= 0.6 is 0 Å². The zero-order valence-corrected chi connectivity index (χ0v) is 10.9. The number of pyridine rings is 1.